The second-order valence-corrected chi connectivity index (χ2v) is 6.08. The number of hydrogen-bond donors (Lipinski definition) is 1. The SMILES string of the molecule is O=C1C[C@@H](Nc2cccc([N+](=O)[O-])c2)C(=O)N1c1ccccc1Br. The van der Waals surface area contributed by atoms with E-state index in [0.29, 0.717) is 15.8 Å². The number of imide groups is 1. The van der Waals surface area contributed by atoms with Crippen molar-refractivity contribution in [3.63, 3.8) is 0 Å². The van der Waals surface area contributed by atoms with E-state index >= 15 is 0 Å². The predicted octanol–water partition coefficient (Wildman–Crippen LogP) is 3.10. The van der Waals surface area contributed by atoms with Crippen LogP contribution in [0.1, 0.15) is 6.42 Å². The Bertz CT molecular complexity index is 840. The lowest BCUT2D eigenvalue weighted by molar-refractivity contribution is -0.384. The zero-order valence-electron chi connectivity index (χ0n) is 12.3. The first-order valence-electron chi connectivity index (χ1n) is 7.09. The highest BCUT2D eigenvalue weighted by Crippen LogP contribution is 2.31. The maximum Gasteiger partial charge on any atom is 0.271 e. The molecule has 0 radical (unpaired) electrons. The number of anilines is 2. The zero-order chi connectivity index (χ0) is 17.3. The number of para-hydroxylation sites is 1. The van der Waals surface area contributed by atoms with Gasteiger partial charge in [0.05, 0.1) is 17.0 Å². The minimum atomic E-state index is -0.758. The average Bonchev–Trinajstić information content (AvgIpc) is 2.82. The second-order valence-electron chi connectivity index (χ2n) is 5.23. The van der Waals surface area contributed by atoms with Crippen molar-refractivity contribution >= 4 is 44.8 Å². The summed E-state index contributed by atoms with van der Waals surface area (Å²) in [7, 11) is 0. The number of nitrogens with one attached hydrogen (secondary N) is 1. The van der Waals surface area contributed by atoms with Crippen molar-refractivity contribution in [3.05, 3.63) is 63.1 Å². The third kappa shape index (κ3) is 3.00. The van der Waals surface area contributed by atoms with Crippen molar-refractivity contribution in [2.24, 2.45) is 0 Å². The molecule has 0 aliphatic carbocycles. The topological polar surface area (TPSA) is 92.5 Å². The Balaban J connectivity index is 1.83. The van der Waals surface area contributed by atoms with Crippen LogP contribution in [0.3, 0.4) is 0 Å². The highest BCUT2D eigenvalue weighted by atomic mass is 79.9. The molecular formula is C16H12BrN3O4. The number of benzene rings is 2. The van der Waals surface area contributed by atoms with Crippen LogP contribution in [-0.2, 0) is 9.59 Å². The third-order valence-electron chi connectivity index (χ3n) is 3.64. The van der Waals surface area contributed by atoms with Gasteiger partial charge in [-0.25, -0.2) is 4.90 Å². The minimum Gasteiger partial charge on any atom is -0.373 e. The molecule has 1 atom stereocenters. The van der Waals surface area contributed by atoms with Crippen molar-refractivity contribution in [3.8, 4) is 0 Å². The minimum absolute atomic E-state index is 0.0111. The summed E-state index contributed by atoms with van der Waals surface area (Å²) in [5.74, 6) is -0.715. The molecule has 1 heterocycles. The molecule has 1 saturated heterocycles. The van der Waals surface area contributed by atoms with Crippen LogP contribution in [-0.4, -0.2) is 22.8 Å². The molecule has 0 saturated carbocycles. The first-order valence-corrected chi connectivity index (χ1v) is 7.89. The van der Waals surface area contributed by atoms with Crippen molar-refractivity contribution in [1.29, 1.82) is 0 Å². The lowest BCUT2D eigenvalue weighted by atomic mass is 10.2. The van der Waals surface area contributed by atoms with Crippen molar-refractivity contribution in [2.75, 3.05) is 10.2 Å². The summed E-state index contributed by atoms with van der Waals surface area (Å²) in [5, 5.41) is 13.7. The van der Waals surface area contributed by atoms with E-state index in [2.05, 4.69) is 21.2 Å². The molecule has 1 aliphatic rings. The molecule has 2 amide bonds. The summed E-state index contributed by atoms with van der Waals surface area (Å²) >= 11 is 3.33. The Hall–Kier alpha value is -2.74. The number of rotatable bonds is 4. The molecule has 1 fully saturated rings. The summed E-state index contributed by atoms with van der Waals surface area (Å²) in [6.45, 7) is 0. The molecule has 0 bridgehead atoms. The standard InChI is InChI=1S/C16H12BrN3O4/c17-12-6-1-2-7-14(12)19-15(21)9-13(16(19)22)18-10-4-3-5-11(8-10)20(23)24/h1-8,13,18H,9H2/t13-/m1/s1. The fourth-order valence-electron chi connectivity index (χ4n) is 2.54. The van der Waals surface area contributed by atoms with Crippen molar-refractivity contribution < 1.29 is 14.5 Å². The van der Waals surface area contributed by atoms with Gasteiger partial charge in [0.25, 0.3) is 11.6 Å². The van der Waals surface area contributed by atoms with Crippen LogP contribution < -0.4 is 10.2 Å². The van der Waals surface area contributed by atoms with E-state index in [9.17, 15) is 19.7 Å². The molecule has 0 spiro atoms. The molecule has 1 N–H and O–H groups in total. The van der Waals surface area contributed by atoms with Gasteiger partial charge in [-0.15, -0.1) is 0 Å². The first-order chi connectivity index (χ1) is 11.5. The average molecular weight is 390 g/mol. The maximum atomic E-state index is 12.6. The van der Waals surface area contributed by atoms with E-state index in [1.165, 1.54) is 18.2 Å². The molecule has 0 aromatic heterocycles. The number of nitro groups is 1. The van der Waals surface area contributed by atoms with Gasteiger partial charge in [-0.1, -0.05) is 18.2 Å². The molecule has 24 heavy (non-hydrogen) atoms. The molecule has 8 heteroatoms. The van der Waals surface area contributed by atoms with Gasteiger partial charge in [-0.3, -0.25) is 19.7 Å². The van der Waals surface area contributed by atoms with Gasteiger partial charge in [0.15, 0.2) is 0 Å². The van der Waals surface area contributed by atoms with Crippen LogP contribution in [0.5, 0.6) is 0 Å². The van der Waals surface area contributed by atoms with Crippen LogP contribution >= 0.6 is 15.9 Å². The molecule has 3 rings (SSSR count). The summed E-state index contributed by atoms with van der Waals surface area (Å²) < 4.78 is 0.641. The van der Waals surface area contributed by atoms with Crippen LogP contribution in [0.4, 0.5) is 17.1 Å². The molecule has 7 nitrogen and oxygen atoms in total. The van der Waals surface area contributed by atoms with Crippen molar-refractivity contribution in [2.45, 2.75) is 12.5 Å². The molecule has 2 aromatic carbocycles. The monoisotopic (exact) mass is 389 g/mol. The highest BCUT2D eigenvalue weighted by Gasteiger charge is 2.40. The Morgan fingerprint density at radius 3 is 2.62 bits per heavy atom. The molecule has 2 aromatic rings. The lowest BCUT2D eigenvalue weighted by Gasteiger charge is -2.17. The van der Waals surface area contributed by atoms with Gasteiger partial charge in [-0.2, -0.15) is 0 Å². The maximum absolute atomic E-state index is 12.6. The molecule has 1 aliphatic heterocycles. The first kappa shape index (κ1) is 16.1. The Morgan fingerprint density at radius 1 is 1.17 bits per heavy atom. The van der Waals surface area contributed by atoms with E-state index in [0.717, 1.165) is 4.90 Å². The number of halogens is 1. The van der Waals surface area contributed by atoms with E-state index in [-0.39, 0.29) is 18.0 Å². The smallest absolute Gasteiger partial charge is 0.271 e. The number of nitro benzene ring substituents is 1. The van der Waals surface area contributed by atoms with Crippen LogP contribution in [0.2, 0.25) is 0 Å². The summed E-state index contributed by atoms with van der Waals surface area (Å²) in [6.07, 6.45) is -0.0111. The normalized spacial score (nSPS) is 17.2. The zero-order valence-corrected chi connectivity index (χ0v) is 13.9. The van der Waals surface area contributed by atoms with Gasteiger partial charge in [0, 0.05) is 22.3 Å². The van der Waals surface area contributed by atoms with E-state index < -0.39 is 16.9 Å². The van der Waals surface area contributed by atoms with Gasteiger partial charge in [0.2, 0.25) is 5.91 Å². The van der Waals surface area contributed by atoms with Crippen LogP contribution in [0, 0.1) is 10.1 Å². The lowest BCUT2D eigenvalue weighted by Crippen LogP contribution is -2.35. The fourth-order valence-corrected chi connectivity index (χ4v) is 3.00. The van der Waals surface area contributed by atoms with Crippen molar-refractivity contribution in [1.82, 2.24) is 0 Å². The Labute approximate surface area is 145 Å². The number of carbonyl (C=O) groups excluding carboxylic acids is 2. The summed E-state index contributed by atoms with van der Waals surface area (Å²) in [6, 6.07) is 12.0. The van der Waals surface area contributed by atoms with E-state index in [1.807, 2.05) is 0 Å². The Kier molecular flexibility index (Phi) is 4.30. The van der Waals surface area contributed by atoms with Crippen LogP contribution in [0.25, 0.3) is 0 Å². The van der Waals surface area contributed by atoms with Gasteiger partial charge in [0.1, 0.15) is 6.04 Å². The number of hydrogen-bond acceptors (Lipinski definition) is 5. The van der Waals surface area contributed by atoms with E-state index in [1.54, 1.807) is 30.3 Å². The number of carbonyl (C=O) groups is 2. The predicted molar refractivity (Wildman–Crippen MR) is 91.8 cm³/mol. The summed E-state index contributed by atoms with van der Waals surface area (Å²) in [4.78, 5) is 36.3. The number of non-ortho nitro benzene ring substituents is 1. The Morgan fingerprint density at radius 2 is 1.92 bits per heavy atom. The largest absolute Gasteiger partial charge is 0.373 e. The number of amides is 2. The number of nitrogens with zero attached hydrogens (tertiary/aromatic N) is 2. The molecular weight excluding hydrogens is 378 g/mol. The second kappa shape index (κ2) is 6.40. The van der Waals surface area contributed by atoms with Gasteiger partial charge in [-0.05, 0) is 34.1 Å². The van der Waals surface area contributed by atoms with Gasteiger partial charge < -0.3 is 5.32 Å². The van der Waals surface area contributed by atoms with Crippen LogP contribution in [0.15, 0.2) is 53.0 Å². The molecule has 122 valence electrons. The highest BCUT2D eigenvalue weighted by molar-refractivity contribution is 9.10. The van der Waals surface area contributed by atoms with Gasteiger partial charge >= 0.3 is 0 Å². The summed E-state index contributed by atoms with van der Waals surface area (Å²) in [5.41, 5.74) is 0.819. The van der Waals surface area contributed by atoms with E-state index in [4.69, 9.17) is 0 Å². The molecule has 0 unspecified atom stereocenters. The third-order valence-corrected chi connectivity index (χ3v) is 4.31. The fraction of sp³-hybridized carbons (Fsp3) is 0.125. The quantitative estimate of drug-likeness (QED) is 0.492.